The average Bonchev–Trinajstić information content (AvgIpc) is 3.04. The van der Waals surface area contributed by atoms with Crippen molar-refractivity contribution in [3.05, 3.63) is 53.4 Å². The van der Waals surface area contributed by atoms with Crippen LogP contribution in [0.2, 0.25) is 0 Å². The zero-order valence-electron chi connectivity index (χ0n) is 17.1. The van der Waals surface area contributed by atoms with Gasteiger partial charge in [0.15, 0.2) is 11.6 Å². The van der Waals surface area contributed by atoms with Crippen LogP contribution in [0.15, 0.2) is 36.4 Å². The summed E-state index contributed by atoms with van der Waals surface area (Å²) in [6.07, 6.45) is -1.46. The molecule has 3 aromatic rings. The summed E-state index contributed by atoms with van der Waals surface area (Å²) in [6.45, 7) is 0.617. The molecular weight excluding hydrogens is 450 g/mol. The first-order valence-corrected chi connectivity index (χ1v) is 11.4. The molecule has 1 aliphatic heterocycles. The van der Waals surface area contributed by atoms with Crippen LogP contribution < -0.4 is 0 Å². The smallest absolute Gasteiger partial charge is 0.419 e. The molecule has 0 fully saturated rings. The minimum Gasteiger partial charge on any atom is -0.505 e. The summed E-state index contributed by atoms with van der Waals surface area (Å²) < 4.78 is 79.6. The molecule has 1 aromatic heterocycles. The van der Waals surface area contributed by atoms with Crippen molar-refractivity contribution >= 4 is 26.5 Å². The van der Waals surface area contributed by atoms with Crippen LogP contribution in [0.5, 0.6) is 5.75 Å². The number of alkyl halides is 3. The molecule has 0 atom stereocenters. The Morgan fingerprint density at radius 1 is 1.12 bits per heavy atom. The first-order chi connectivity index (χ1) is 14.9. The third kappa shape index (κ3) is 3.97. The number of nitrogens with zero attached hydrogens (tertiary/aromatic N) is 3. The quantitative estimate of drug-likeness (QED) is 0.585. The highest BCUT2D eigenvalue weighted by atomic mass is 32.2. The average molecular weight is 469 g/mol. The number of hydrogen-bond donors (Lipinski definition) is 1. The van der Waals surface area contributed by atoms with E-state index in [4.69, 9.17) is 0 Å². The van der Waals surface area contributed by atoms with Gasteiger partial charge in [0.05, 0.1) is 17.3 Å². The normalized spacial score (nSPS) is 15.9. The summed E-state index contributed by atoms with van der Waals surface area (Å²) in [5.41, 5.74) is 0.976. The molecule has 0 unspecified atom stereocenters. The van der Waals surface area contributed by atoms with Gasteiger partial charge < -0.3 is 5.11 Å². The maximum Gasteiger partial charge on any atom is 0.419 e. The number of aryl methyl sites for hydroxylation is 1. The Morgan fingerprint density at radius 2 is 1.84 bits per heavy atom. The molecule has 4 rings (SSSR count). The first-order valence-electron chi connectivity index (χ1n) is 9.57. The van der Waals surface area contributed by atoms with Gasteiger partial charge in [-0.1, -0.05) is 12.1 Å². The largest absolute Gasteiger partial charge is 0.505 e. The molecule has 0 saturated carbocycles. The fraction of sp³-hybridized carbons (Fsp3) is 0.286. The van der Waals surface area contributed by atoms with Crippen molar-refractivity contribution in [3.8, 4) is 17.0 Å². The molecule has 2 heterocycles. The topological polar surface area (TPSA) is 75.4 Å². The van der Waals surface area contributed by atoms with Gasteiger partial charge in [0.2, 0.25) is 10.0 Å². The van der Waals surface area contributed by atoms with Crippen molar-refractivity contribution in [3.63, 3.8) is 0 Å². The molecular formula is C21H19F4N3O3S. The Bertz CT molecular complexity index is 1360. The van der Waals surface area contributed by atoms with E-state index in [9.17, 15) is 31.1 Å². The van der Waals surface area contributed by atoms with Crippen molar-refractivity contribution in [1.29, 1.82) is 0 Å². The van der Waals surface area contributed by atoms with E-state index in [0.29, 0.717) is 29.9 Å². The lowest BCUT2D eigenvalue weighted by Crippen LogP contribution is -2.33. The summed E-state index contributed by atoms with van der Waals surface area (Å²) in [5, 5.41) is 14.5. The van der Waals surface area contributed by atoms with Gasteiger partial charge in [0.1, 0.15) is 5.69 Å². The number of aromatic hydroxyl groups is 1. The van der Waals surface area contributed by atoms with Gasteiger partial charge in [-0.25, -0.2) is 12.8 Å². The van der Waals surface area contributed by atoms with Gasteiger partial charge in [0, 0.05) is 31.1 Å². The fourth-order valence-corrected chi connectivity index (χ4v) is 4.60. The molecule has 0 bridgehead atoms. The van der Waals surface area contributed by atoms with E-state index < -0.39 is 33.3 Å². The summed E-state index contributed by atoms with van der Waals surface area (Å²) in [5.74, 6) is -2.83. The lowest BCUT2D eigenvalue weighted by Gasteiger charge is -2.24. The predicted molar refractivity (Wildman–Crippen MR) is 112 cm³/mol. The van der Waals surface area contributed by atoms with Gasteiger partial charge in [-0.15, -0.1) is 0 Å². The molecule has 1 aliphatic rings. The highest BCUT2D eigenvalue weighted by Crippen LogP contribution is 2.39. The summed E-state index contributed by atoms with van der Waals surface area (Å²) in [7, 11) is -1.64. The predicted octanol–water partition coefficient (Wildman–Crippen LogP) is 4.15. The van der Waals surface area contributed by atoms with Gasteiger partial charge >= 0.3 is 6.18 Å². The Balaban J connectivity index is 1.77. The number of hydrogen-bond acceptors (Lipinski definition) is 4. The fourth-order valence-electron chi connectivity index (χ4n) is 3.84. The minimum absolute atomic E-state index is 0.0600. The molecule has 1 N–H and O–H groups in total. The summed E-state index contributed by atoms with van der Waals surface area (Å²) in [6, 6.07) is 6.85. The molecule has 0 aliphatic carbocycles. The van der Waals surface area contributed by atoms with E-state index >= 15 is 0 Å². The van der Waals surface area contributed by atoms with E-state index in [2.05, 4.69) is 5.10 Å². The van der Waals surface area contributed by atoms with Crippen LogP contribution in [0.4, 0.5) is 17.6 Å². The van der Waals surface area contributed by atoms with Crippen LogP contribution in [0.25, 0.3) is 27.7 Å². The van der Waals surface area contributed by atoms with Crippen LogP contribution in [-0.4, -0.2) is 47.0 Å². The maximum atomic E-state index is 13.8. The number of phenols is 1. The zero-order chi connectivity index (χ0) is 23.4. The SMILES string of the molecule is Cn1nc(-c2cc(O)c(F)c(C(F)(F)F)c2)c2ccc(C3=CCN(S(C)(=O)=O)CC3)cc21. The van der Waals surface area contributed by atoms with Gasteiger partial charge in [-0.2, -0.15) is 22.6 Å². The Morgan fingerprint density at radius 3 is 2.44 bits per heavy atom. The Labute approximate surface area is 181 Å². The number of benzene rings is 2. The van der Waals surface area contributed by atoms with Crippen LogP contribution >= 0.6 is 0 Å². The van der Waals surface area contributed by atoms with Crippen molar-refractivity contribution in [2.45, 2.75) is 12.6 Å². The molecule has 0 spiro atoms. The number of sulfonamides is 1. The molecule has 0 amide bonds. The monoisotopic (exact) mass is 469 g/mol. The van der Waals surface area contributed by atoms with E-state index in [1.807, 2.05) is 12.1 Å². The molecule has 0 saturated heterocycles. The highest BCUT2D eigenvalue weighted by Gasteiger charge is 2.36. The first kappa shape index (κ1) is 22.3. The van der Waals surface area contributed by atoms with E-state index in [-0.39, 0.29) is 17.8 Å². The third-order valence-electron chi connectivity index (χ3n) is 5.50. The van der Waals surface area contributed by atoms with Gasteiger partial charge in [-0.3, -0.25) is 4.68 Å². The van der Waals surface area contributed by atoms with Gasteiger partial charge in [0.25, 0.3) is 0 Å². The second-order valence-electron chi connectivity index (χ2n) is 7.66. The second kappa shape index (κ2) is 7.59. The van der Waals surface area contributed by atoms with Crippen LogP contribution in [0.1, 0.15) is 17.5 Å². The van der Waals surface area contributed by atoms with Crippen LogP contribution in [-0.2, 0) is 23.2 Å². The van der Waals surface area contributed by atoms with Crippen LogP contribution in [0, 0.1) is 5.82 Å². The Kier molecular flexibility index (Phi) is 5.29. The van der Waals surface area contributed by atoms with E-state index in [1.165, 1.54) is 8.99 Å². The zero-order valence-corrected chi connectivity index (χ0v) is 17.9. The molecule has 170 valence electrons. The van der Waals surface area contributed by atoms with Crippen LogP contribution in [0.3, 0.4) is 0 Å². The second-order valence-corrected chi connectivity index (χ2v) is 9.64. The standard InChI is InChI=1S/C21H19F4N3O3S/c1-27-17-10-13(12-5-7-28(8-6-12)32(2,30)31)3-4-15(17)20(26-27)14-9-16(21(23,24)25)19(22)18(29)11-14/h3-5,9-11,29H,6-8H2,1-2H3. The lowest BCUT2D eigenvalue weighted by molar-refractivity contribution is -0.140. The molecule has 6 nitrogen and oxygen atoms in total. The third-order valence-corrected chi connectivity index (χ3v) is 6.77. The number of fused-ring (bicyclic) bond motifs is 1. The molecule has 2 aromatic carbocycles. The molecule has 11 heteroatoms. The van der Waals surface area contributed by atoms with E-state index in [1.54, 1.807) is 19.2 Å². The number of phenolic OH excluding ortho intramolecular Hbond substituents is 1. The summed E-state index contributed by atoms with van der Waals surface area (Å²) >= 11 is 0. The summed E-state index contributed by atoms with van der Waals surface area (Å²) in [4.78, 5) is 0. The molecule has 0 radical (unpaired) electrons. The number of rotatable bonds is 3. The van der Waals surface area contributed by atoms with Crippen molar-refractivity contribution in [2.24, 2.45) is 7.05 Å². The maximum absolute atomic E-state index is 13.8. The number of halogens is 4. The van der Waals surface area contributed by atoms with E-state index in [0.717, 1.165) is 23.5 Å². The van der Waals surface area contributed by atoms with Crippen molar-refractivity contribution in [2.75, 3.05) is 19.3 Å². The highest BCUT2D eigenvalue weighted by molar-refractivity contribution is 7.88. The number of aromatic nitrogens is 2. The van der Waals surface area contributed by atoms with Gasteiger partial charge in [-0.05, 0) is 41.8 Å². The Hall–Kier alpha value is -2.92. The lowest BCUT2D eigenvalue weighted by atomic mass is 9.97. The minimum atomic E-state index is -4.97. The van der Waals surface area contributed by atoms with Crippen molar-refractivity contribution < 1.29 is 31.1 Å². The van der Waals surface area contributed by atoms with Crippen molar-refractivity contribution in [1.82, 2.24) is 14.1 Å². The molecule has 32 heavy (non-hydrogen) atoms.